The van der Waals surface area contributed by atoms with E-state index in [1.807, 2.05) is 12.1 Å². The quantitative estimate of drug-likeness (QED) is 0.811. The van der Waals surface area contributed by atoms with Gasteiger partial charge < -0.3 is 15.4 Å². The number of piperidine rings is 1. The molecule has 1 heterocycles. The molecule has 0 amide bonds. The molecular weight excluding hydrogens is 224 g/mol. The first-order valence-corrected chi connectivity index (χ1v) is 5.50. The lowest BCUT2D eigenvalue weighted by Gasteiger charge is -2.29. The van der Waals surface area contributed by atoms with Crippen LogP contribution in [-0.4, -0.2) is 20.2 Å². The molecule has 0 spiro atoms. The maximum atomic E-state index is 6.01. The number of anilines is 2. The molecule has 0 atom stereocenters. The topological polar surface area (TPSA) is 38.5 Å². The molecular formula is C12H19ClN2O. The first kappa shape index (κ1) is 13.0. The smallest absolute Gasteiger partial charge is 0.121 e. The fourth-order valence-electron chi connectivity index (χ4n) is 2.08. The number of nitrogen functional groups attached to an aromatic ring is 1. The minimum atomic E-state index is 0. The van der Waals surface area contributed by atoms with Crippen LogP contribution in [0.15, 0.2) is 18.2 Å². The SMILES string of the molecule is COc1ccc(N2CCCCC2)c(N)c1.Cl. The predicted octanol–water partition coefficient (Wildman–Crippen LogP) is 2.69. The van der Waals surface area contributed by atoms with Gasteiger partial charge >= 0.3 is 0 Å². The Hall–Kier alpha value is -1.09. The molecule has 1 fully saturated rings. The van der Waals surface area contributed by atoms with Crippen LogP contribution in [0.4, 0.5) is 11.4 Å². The molecule has 2 N–H and O–H groups in total. The van der Waals surface area contributed by atoms with E-state index in [1.165, 1.54) is 19.3 Å². The lowest BCUT2D eigenvalue weighted by Crippen LogP contribution is -2.29. The Labute approximate surface area is 103 Å². The molecule has 1 aromatic rings. The highest BCUT2D eigenvalue weighted by molar-refractivity contribution is 5.85. The number of benzene rings is 1. The van der Waals surface area contributed by atoms with Crippen molar-refractivity contribution in [1.82, 2.24) is 0 Å². The third kappa shape index (κ3) is 2.73. The van der Waals surface area contributed by atoms with Crippen LogP contribution in [0.3, 0.4) is 0 Å². The van der Waals surface area contributed by atoms with E-state index < -0.39 is 0 Å². The molecule has 2 rings (SSSR count). The van der Waals surface area contributed by atoms with E-state index in [0.717, 1.165) is 30.2 Å². The van der Waals surface area contributed by atoms with Gasteiger partial charge in [0.25, 0.3) is 0 Å². The predicted molar refractivity (Wildman–Crippen MR) is 70.7 cm³/mol. The third-order valence-electron chi connectivity index (χ3n) is 2.93. The molecule has 3 nitrogen and oxygen atoms in total. The van der Waals surface area contributed by atoms with E-state index in [9.17, 15) is 0 Å². The Morgan fingerprint density at radius 3 is 2.44 bits per heavy atom. The maximum Gasteiger partial charge on any atom is 0.121 e. The number of rotatable bonds is 2. The van der Waals surface area contributed by atoms with Gasteiger partial charge in [0.05, 0.1) is 18.5 Å². The van der Waals surface area contributed by atoms with Crippen molar-refractivity contribution in [2.24, 2.45) is 0 Å². The molecule has 1 aliphatic heterocycles. The van der Waals surface area contributed by atoms with E-state index >= 15 is 0 Å². The molecule has 0 aromatic heterocycles. The van der Waals surface area contributed by atoms with Gasteiger partial charge in [-0.05, 0) is 31.4 Å². The summed E-state index contributed by atoms with van der Waals surface area (Å²) in [4.78, 5) is 2.36. The molecule has 1 aliphatic rings. The number of methoxy groups -OCH3 is 1. The van der Waals surface area contributed by atoms with Crippen LogP contribution in [0.1, 0.15) is 19.3 Å². The standard InChI is InChI=1S/C12H18N2O.ClH/c1-15-10-5-6-12(11(13)9-10)14-7-3-2-4-8-14;/h5-6,9H,2-4,7-8,13H2,1H3;1H. The van der Waals surface area contributed by atoms with Gasteiger partial charge in [-0.2, -0.15) is 0 Å². The first-order valence-electron chi connectivity index (χ1n) is 5.50. The molecule has 0 unspecified atom stereocenters. The second-order valence-electron chi connectivity index (χ2n) is 3.97. The number of halogens is 1. The van der Waals surface area contributed by atoms with Crippen molar-refractivity contribution in [3.05, 3.63) is 18.2 Å². The Morgan fingerprint density at radius 2 is 1.88 bits per heavy atom. The zero-order chi connectivity index (χ0) is 10.7. The van der Waals surface area contributed by atoms with Gasteiger partial charge in [-0.15, -0.1) is 12.4 Å². The van der Waals surface area contributed by atoms with Crippen LogP contribution in [0.2, 0.25) is 0 Å². The van der Waals surface area contributed by atoms with Gasteiger partial charge in [-0.25, -0.2) is 0 Å². The first-order chi connectivity index (χ1) is 7.31. The van der Waals surface area contributed by atoms with Crippen molar-refractivity contribution < 1.29 is 4.74 Å². The Morgan fingerprint density at radius 1 is 1.19 bits per heavy atom. The highest BCUT2D eigenvalue weighted by Gasteiger charge is 2.13. The molecule has 1 saturated heterocycles. The van der Waals surface area contributed by atoms with Gasteiger partial charge in [0.1, 0.15) is 5.75 Å². The summed E-state index contributed by atoms with van der Waals surface area (Å²) < 4.78 is 5.14. The Balaban J connectivity index is 0.00000128. The Bertz CT molecular complexity index is 338. The number of ether oxygens (including phenoxy) is 1. The minimum Gasteiger partial charge on any atom is -0.497 e. The highest BCUT2D eigenvalue weighted by Crippen LogP contribution is 2.29. The van der Waals surface area contributed by atoms with E-state index in [1.54, 1.807) is 7.11 Å². The molecule has 0 radical (unpaired) electrons. The number of hydrogen-bond donors (Lipinski definition) is 1. The summed E-state index contributed by atoms with van der Waals surface area (Å²) in [6, 6.07) is 5.92. The number of nitrogens with two attached hydrogens (primary N) is 1. The van der Waals surface area contributed by atoms with E-state index in [0.29, 0.717) is 0 Å². The minimum absolute atomic E-state index is 0. The summed E-state index contributed by atoms with van der Waals surface area (Å²) in [6.07, 6.45) is 3.88. The molecule has 16 heavy (non-hydrogen) atoms. The normalized spacial score (nSPS) is 15.4. The van der Waals surface area contributed by atoms with Gasteiger partial charge in [-0.1, -0.05) is 0 Å². The summed E-state index contributed by atoms with van der Waals surface area (Å²) in [5.74, 6) is 0.827. The van der Waals surface area contributed by atoms with E-state index in [4.69, 9.17) is 10.5 Å². The number of hydrogen-bond acceptors (Lipinski definition) is 3. The van der Waals surface area contributed by atoms with E-state index in [-0.39, 0.29) is 12.4 Å². The largest absolute Gasteiger partial charge is 0.497 e. The highest BCUT2D eigenvalue weighted by atomic mass is 35.5. The van der Waals surface area contributed by atoms with Crippen LogP contribution in [0.25, 0.3) is 0 Å². The average molecular weight is 243 g/mol. The average Bonchev–Trinajstić information content (AvgIpc) is 2.30. The molecule has 0 saturated carbocycles. The fraction of sp³-hybridized carbons (Fsp3) is 0.500. The van der Waals surface area contributed by atoms with Crippen LogP contribution in [-0.2, 0) is 0 Å². The van der Waals surface area contributed by atoms with Gasteiger partial charge in [0, 0.05) is 19.2 Å². The van der Waals surface area contributed by atoms with Crippen LogP contribution in [0, 0.1) is 0 Å². The fourth-order valence-corrected chi connectivity index (χ4v) is 2.08. The second-order valence-corrected chi connectivity index (χ2v) is 3.97. The summed E-state index contributed by atoms with van der Waals surface area (Å²) >= 11 is 0. The monoisotopic (exact) mass is 242 g/mol. The second kappa shape index (κ2) is 5.85. The van der Waals surface area contributed by atoms with Gasteiger partial charge in [0.15, 0.2) is 0 Å². The lowest BCUT2D eigenvalue weighted by atomic mass is 10.1. The van der Waals surface area contributed by atoms with Crippen LogP contribution >= 0.6 is 12.4 Å². The molecule has 4 heteroatoms. The van der Waals surface area contributed by atoms with E-state index in [2.05, 4.69) is 11.0 Å². The maximum absolute atomic E-state index is 6.01. The Kier molecular flexibility index (Phi) is 4.74. The van der Waals surface area contributed by atoms with Crippen molar-refractivity contribution in [2.45, 2.75) is 19.3 Å². The third-order valence-corrected chi connectivity index (χ3v) is 2.93. The molecule has 90 valence electrons. The van der Waals surface area contributed by atoms with Crippen molar-refractivity contribution in [3.63, 3.8) is 0 Å². The van der Waals surface area contributed by atoms with Crippen LogP contribution < -0.4 is 15.4 Å². The van der Waals surface area contributed by atoms with Crippen molar-refractivity contribution in [3.8, 4) is 5.75 Å². The lowest BCUT2D eigenvalue weighted by molar-refractivity contribution is 0.415. The zero-order valence-corrected chi connectivity index (χ0v) is 10.4. The summed E-state index contributed by atoms with van der Waals surface area (Å²) in [5.41, 5.74) is 7.97. The summed E-state index contributed by atoms with van der Waals surface area (Å²) in [6.45, 7) is 2.24. The van der Waals surface area contributed by atoms with Crippen molar-refractivity contribution >= 4 is 23.8 Å². The molecule has 1 aromatic carbocycles. The van der Waals surface area contributed by atoms with Crippen molar-refractivity contribution in [2.75, 3.05) is 30.8 Å². The van der Waals surface area contributed by atoms with Crippen LogP contribution in [0.5, 0.6) is 5.75 Å². The summed E-state index contributed by atoms with van der Waals surface area (Å²) in [5, 5.41) is 0. The molecule has 0 bridgehead atoms. The molecule has 0 aliphatic carbocycles. The van der Waals surface area contributed by atoms with Gasteiger partial charge in [0.2, 0.25) is 0 Å². The zero-order valence-electron chi connectivity index (χ0n) is 9.61. The number of nitrogens with zero attached hydrogens (tertiary/aromatic N) is 1. The van der Waals surface area contributed by atoms with Crippen molar-refractivity contribution in [1.29, 1.82) is 0 Å². The van der Waals surface area contributed by atoms with Gasteiger partial charge in [-0.3, -0.25) is 0 Å². The summed E-state index contributed by atoms with van der Waals surface area (Å²) in [7, 11) is 1.66.